The Morgan fingerprint density at radius 2 is 0.480 bits per heavy atom. The van der Waals surface area contributed by atoms with Crippen LogP contribution in [0.5, 0.6) is 0 Å². The zero-order valence-corrected chi connectivity index (χ0v) is 67.6. The van der Waals surface area contributed by atoms with Crippen molar-refractivity contribution < 1.29 is 80.2 Å². The van der Waals surface area contributed by atoms with Gasteiger partial charge in [-0.15, -0.1) is 0 Å². The second-order valence-electron chi connectivity index (χ2n) is 30.6. The molecular formula is C81H158O17P2. The Kier molecular flexibility index (Phi) is 68.7. The van der Waals surface area contributed by atoms with E-state index >= 15 is 0 Å². The first-order valence-electron chi connectivity index (χ1n) is 41.8. The van der Waals surface area contributed by atoms with E-state index in [-0.39, 0.29) is 25.7 Å². The Morgan fingerprint density at radius 1 is 0.280 bits per heavy atom. The fraction of sp³-hybridized carbons (Fsp3) is 0.951. The molecule has 3 N–H and O–H groups in total. The number of carbonyl (C=O) groups excluding carboxylic acids is 4. The highest BCUT2D eigenvalue weighted by Crippen LogP contribution is 2.45. The smallest absolute Gasteiger partial charge is 0.462 e. The Balaban J connectivity index is 5.28. The van der Waals surface area contributed by atoms with Crippen molar-refractivity contribution in [2.24, 2.45) is 23.7 Å². The number of phosphoric ester groups is 2. The van der Waals surface area contributed by atoms with Crippen molar-refractivity contribution in [3.63, 3.8) is 0 Å². The summed E-state index contributed by atoms with van der Waals surface area (Å²) in [6.45, 7) is 14.3. The second kappa shape index (κ2) is 70.1. The molecule has 0 bridgehead atoms. The molecule has 0 rings (SSSR count). The molecule has 594 valence electrons. The molecule has 0 aliphatic heterocycles. The topological polar surface area (TPSA) is 237 Å². The summed E-state index contributed by atoms with van der Waals surface area (Å²) in [5.41, 5.74) is 0. The number of esters is 4. The van der Waals surface area contributed by atoms with Crippen LogP contribution < -0.4 is 0 Å². The standard InChI is InChI=1S/C81H158O17P2/c1-9-73(7)59-51-43-35-27-21-13-11-12-14-23-29-39-47-55-63-80(85)97-76(67-91-78(83)61-53-45-37-28-22-17-15-19-25-33-41-49-57-71(3)4)69-95-99(87,88)93-65-75(82)66-94-100(89,90)96-70-77(68-92-79(84)62-54-46-38-32-31-36-44-52-60-74(8)10-2)98-81(86)64-56-48-40-30-24-18-16-20-26-34-42-50-58-72(5)6/h71-77,82H,9-70H2,1-8H3,(H,87,88)(H,89,90)/t73?,74?,75-,76-,77-/m1/s1. The molecule has 0 radical (unpaired) electrons. The zero-order valence-electron chi connectivity index (χ0n) is 65.8. The van der Waals surface area contributed by atoms with E-state index < -0.39 is 97.5 Å². The van der Waals surface area contributed by atoms with Crippen LogP contribution in [-0.2, 0) is 65.4 Å². The summed E-state index contributed by atoms with van der Waals surface area (Å²) in [7, 11) is -9.92. The van der Waals surface area contributed by atoms with Crippen LogP contribution in [0, 0.1) is 23.7 Å². The third-order valence-corrected chi connectivity index (χ3v) is 21.4. The number of hydrogen-bond donors (Lipinski definition) is 3. The molecule has 0 aromatic rings. The first-order chi connectivity index (χ1) is 48.2. The van der Waals surface area contributed by atoms with Gasteiger partial charge in [0.1, 0.15) is 19.3 Å². The lowest BCUT2D eigenvalue weighted by Gasteiger charge is -2.21. The minimum absolute atomic E-state index is 0.106. The molecule has 0 saturated heterocycles. The number of carbonyl (C=O) groups is 4. The fourth-order valence-corrected chi connectivity index (χ4v) is 13.9. The first-order valence-corrected chi connectivity index (χ1v) is 44.8. The molecular weight excluding hydrogens is 1310 g/mol. The predicted octanol–water partition coefficient (Wildman–Crippen LogP) is 24.0. The maximum absolute atomic E-state index is 13.1. The van der Waals surface area contributed by atoms with Crippen LogP contribution >= 0.6 is 15.6 Å². The first kappa shape index (κ1) is 98.1. The van der Waals surface area contributed by atoms with Gasteiger partial charge in [-0.1, -0.05) is 364 Å². The van der Waals surface area contributed by atoms with Crippen molar-refractivity contribution in [1.29, 1.82) is 0 Å². The van der Waals surface area contributed by atoms with Crippen LogP contribution in [0.4, 0.5) is 0 Å². The molecule has 0 fully saturated rings. The third kappa shape index (κ3) is 71.7. The number of aliphatic hydroxyl groups is 1. The van der Waals surface area contributed by atoms with E-state index in [0.717, 1.165) is 114 Å². The van der Waals surface area contributed by atoms with Crippen molar-refractivity contribution >= 4 is 39.5 Å². The predicted molar refractivity (Wildman–Crippen MR) is 409 cm³/mol. The quantitative estimate of drug-likeness (QED) is 0.0222. The summed E-state index contributed by atoms with van der Waals surface area (Å²) in [5, 5.41) is 10.6. The Hall–Kier alpha value is -1.94. The Labute approximate surface area is 613 Å². The van der Waals surface area contributed by atoms with Crippen molar-refractivity contribution in [1.82, 2.24) is 0 Å². The molecule has 100 heavy (non-hydrogen) atoms. The average Bonchev–Trinajstić information content (AvgIpc) is 0.922. The molecule has 0 aliphatic carbocycles. The van der Waals surface area contributed by atoms with Crippen LogP contribution in [0.3, 0.4) is 0 Å². The average molecular weight is 1470 g/mol. The van der Waals surface area contributed by atoms with Gasteiger partial charge in [0.2, 0.25) is 0 Å². The summed E-state index contributed by atoms with van der Waals surface area (Å²) in [6, 6.07) is 0. The van der Waals surface area contributed by atoms with Gasteiger partial charge in [0.05, 0.1) is 26.4 Å². The van der Waals surface area contributed by atoms with Gasteiger partial charge in [-0.25, -0.2) is 9.13 Å². The van der Waals surface area contributed by atoms with Gasteiger partial charge in [0, 0.05) is 25.7 Å². The number of hydrogen-bond acceptors (Lipinski definition) is 15. The van der Waals surface area contributed by atoms with Crippen LogP contribution in [0.15, 0.2) is 0 Å². The Bertz CT molecular complexity index is 1960. The molecule has 17 nitrogen and oxygen atoms in total. The van der Waals surface area contributed by atoms with E-state index in [0.29, 0.717) is 25.7 Å². The van der Waals surface area contributed by atoms with E-state index in [4.69, 9.17) is 37.0 Å². The van der Waals surface area contributed by atoms with Gasteiger partial charge in [-0.05, 0) is 49.4 Å². The minimum Gasteiger partial charge on any atom is -0.462 e. The number of unbranched alkanes of at least 4 members (excludes halogenated alkanes) is 42. The van der Waals surface area contributed by atoms with Gasteiger partial charge in [0.25, 0.3) is 0 Å². The van der Waals surface area contributed by atoms with Crippen molar-refractivity contribution in [2.45, 2.75) is 433 Å². The van der Waals surface area contributed by atoms with Crippen LogP contribution in [0.25, 0.3) is 0 Å². The lowest BCUT2D eigenvalue weighted by molar-refractivity contribution is -0.161. The SMILES string of the molecule is CCC(C)CCCCCCCCCCCCCCCCC(=O)O[C@H](COC(=O)CCCCCCCCCCCCCCC(C)C)COP(=O)(O)OC[C@@H](O)COP(=O)(O)OC[C@@H](COC(=O)CCCCCCCCCCC(C)CC)OC(=O)CCCCCCCCCCCCCCC(C)C. The summed E-state index contributed by atoms with van der Waals surface area (Å²) < 4.78 is 68.8. The highest BCUT2D eigenvalue weighted by molar-refractivity contribution is 7.47. The number of aliphatic hydroxyl groups excluding tert-OH is 1. The van der Waals surface area contributed by atoms with Gasteiger partial charge in [-0.2, -0.15) is 0 Å². The maximum atomic E-state index is 13.1. The molecule has 0 saturated carbocycles. The van der Waals surface area contributed by atoms with Crippen molar-refractivity contribution in [3.8, 4) is 0 Å². The van der Waals surface area contributed by atoms with Gasteiger partial charge < -0.3 is 33.8 Å². The van der Waals surface area contributed by atoms with E-state index in [1.807, 2.05) is 0 Å². The van der Waals surface area contributed by atoms with Gasteiger partial charge in [0.15, 0.2) is 12.2 Å². The minimum atomic E-state index is -4.96. The molecule has 0 aromatic heterocycles. The monoisotopic (exact) mass is 1470 g/mol. The van der Waals surface area contributed by atoms with Crippen molar-refractivity contribution in [2.75, 3.05) is 39.6 Å². The Morgan fingerprint density at radius 3 is 0.710 bits per heavy atom. The zero-order chi connectivity index (χ0) is 73.8. The van der Waals surface area contributed by atoms with Gasteiger partial charge in [-0.3, -0.25) is 37.3 Å². The van der Waals surface area contributed by atoms with Crippen molar-refractivity contribution in [3.05, 3.63) is 0 Å². The number of rotatable bonds is 78. The summed E-state index contributed by atoms with van der Waals surface area (Å²) in [4.78, 5) is 73.1. The van der Waals surface area contributed by atoms with Crippen LogP contribution in [0.1, 0.15) is 415 Å². The van der Waals surface area contributed by atoms with E-state index in [1.165, 1.54) is 218 Å². The third-order valence-electron chi connectivity index (χ3n) is 19.5. The molecule has 0 spiro atoms. The normalized spacial score (nSPS) is 14.6. The molecule has 0 aromatic carbocycles. The fourth-order valence-electron chi connectivity index (χ4n) is 12.4. The largest absolute Gasteiger partial charge is 0.472 e. The highest BCUT2D eigenvalue weighted by atomic mass is 31.2. The van der Waals surface area contributed by atoms with E-state index in [2.05, 4.69) is 55.4 Å². The summed E-state index contributed by atoms with van der Waals surface area (Å²) in [5.74, 6) is 1.07. The highest BCUT2D eigenvalue weighted by Gasteiger charge is 2.30. The molecule has 0 heterocycles. The maximum Gasteiger partial charge on any atom is 0.472 e. The van der Waals surface area contributed by atoms with E-state index in [9.17, 15) is 43.2 Å². The number of ether oxygens (including phenoxy) is 4. The summed E-state index contributed by atoms with van der Waals surface area (Å²) >= 11 is 0. The summed E-state index contributed by atoms with van der Waals surface area (Å²) in [6.07, 6.45) is 56.7. The van der Waals surface area contributed by atoms with Crippen LogP contribution in [0.2, 0.25) is 0 Å². The molecule has 7 atom stereocenters. The number of phosphoric acid groups is 2. The lowest BCUT2D eigenvalue weighted by atomic mass is 9.99. The van der Waals surface area contributed by atoms with E-state index in [1.54, 1.807) is 0 Å². The molecule has 19 heteroatoms. The molecule has 0 amide bonds. The van der Waals surface area contributed by atoms with Crippen LogP contribution in [-0.4, -0.2) is 96.7 Å². The lowest BCUT2D eigenvalue weighted by Crippen LogP contribution is -2.30. The molecule has 4 unspecified atom stereocenters. The molecule has 0 aliphatic rings. The van der Waals surface area contributed by atoms with Gasteiger partial charge >= 0.3 is 39.5 Å². The second-order valence-corrected chi connectivity index (χ2v) is 33.5.